The van der Waals surface area contributed by atoms with Crippen molar-refractivity contribution in [2.75, 3.05) is 19.7 Å². The maximum absolute atomic E-state index is 11.0. The molecule has 5 heteroatoms. The fourth-order valence-electron chi connectivity index (χ4n) is 0.909. The summed E-state index contributed by atoms with van der Waals surface area (Å²) in [6.07, 6.45) is 2.52. The lowest BCUT2D eigenvalue weighted by Gasteiger charge is -2.04. The normalized spacial score (nSPS) is 9.57. The second-order valence-corrected chi connectivity index (χ2v) is 3.04. The van der Waals surface area contributed by atoms with Crippen LogP contribution in [-0.2, 0) is 9.59 Å². The van der Waals surface area contributed by atoms with Crippen molar-refractivity contribution in [3.8, 4) is 0 Å². The van der Waals surface area contributed by atoms with Crippen LogP contribution in [0.25, 0.3) is 0 Å². The van der Waals surface area contributed by atoms with E-state index in [9.17, 15) is 9.59 Å². The summed E-state index contributed by atoms with van der Waals surface area (Å²) in [5, 5.41) is 13.6. The average molecular weight is 202 g/mol. The number of unbranched alkanes of at least 4 members (excludes halogenated alkanes) is 2. The van der Waals surface area contributed by atoms with E-state index in [0.29, 0.717) is 6.54 Å². The Morgan fingerprint density at radius 2 is 1.86 bits per heavy atom. The lowest BCUT2D eigenvalue weighted by atomic mass is 10.2. The monoisotopic (exact) mass is 202 g/mol. The fourth-order valence-corrected chi connectivity index (χ4v) is 0.909. The van der Waals surface area contributed by atoms with E-state index >= 15 is 0 Å². The van der Waals surface area contributed by atoms with Crippen LogP contribution in [0.5, 0.6) is 0 Å². The van der Waals surface area contributed by atoms with Crippen LogP contribution in [0.3, 0.4) is 0 Å². The molecule has 0 fully saturated rings. The Balaban J connectivity index is 3.22. The Bertz CT molecular complexity index is 183. The van der Waals surface area contributed by atoms with E-state index in [-0.39, 0.29) is 25.0 Å². The molecule has 0 rings (SSSR count). The third kappa shape index (κ3) is 8.99. The summed E-state index contributed by atoms with van der Waals surface area (Å²) < 4.78 is 0. The van der Waals surface area contributed by atoms with Crippen molar-refractivity contribution in [3.63, 3.8) is 0 Å². The molecule has 0 heterocycles. The zero-order valence-electron chi connectivity index (χ0n) is 8.51. The van der Waals surface area contributed by atoms with Gasteiger partial charge in [-0.1, -0.05) is 0 Å². The predicted molar refractivity (Wildman–Crippen MR) is 52.6 cm³/mol. The first-order chi connectivity index (χ1) is 6.66. The number of aliphatic hydroxyl groups excluding tert-OH is 1. The van der Waals surface area contributed by atoms with E-state index in [1.54, 1.807) is 0 Å². The number of carbonyl (C=O) groups is 2. The minimum atomic E-state index is -0.208. The standard InChI is InChI=1S/C9H18N2O3/c1-8(13)11-7-9(14)10-5-3-2-4-6-12/h12H,2-7H2,1H3,(H,10,14)(H,11,13). The number of aliphatic hydroxyl groups is 1. The minimum Gasteiger partial charge on any atom is -0.396 e. The van der Waals surface area contributed by atoms with Gasteiger partial charge >= 0.3 is 0 Å². The van der Waals surface area contributed by atoms with Crippen LogP contribution in [0.2, 0.25) is 0 Å². The second-order valence-electron chi connectivity index (χ2n) is 3.04. The molecule has 2 amide bonds. The molecule has 3 N–H and O–H groups in total. The highest BCUT2D eigenvalue weighted by Gasteiger charge is 2.00. The zero-order valence-corrected chi connectivity index (χ0v) is 8.51. The lowest BCUT2D eigenvalue weighted by Crippen LogP contribution is -2.36. The van der Waals surface area contributed by atoms with Crippen LogP contribution in [0.1, 0.15) is 26.2 Å². The Kier molecular flexibility index (Phi) is 7.83. The molecule has 0 aromatic heterocycles. The van der Waals surface area contributed by atoms with Gasteiger partial charge in [-0.15, -0.1) is 0 Å². The molecule has 0 atom stereocenters. The van der Waals surface area contributed by atoms with Crippen molar-refractivity contribution in [3.05, 3.63) is 0 Å². The van der Waals surface area contributed by atoms with Crippen molar-refractivity contribution in [1.29, 1.82) is 0 Å². The maximum atomic E-state index is 11.0. The molecule has 0 bridgehead atoms. The molecular formula is C9H18N2O3. The van der Waals surface area contributed by atoms with E-state index in [2.05, 4.69) is 10.6 Å². The van der Waals surface area contributed by atoms with Gasteiger partial charge in [-0.3, -0.25) is 9.59 Å². The van der Waals surface area contributed by atoms with E-state index in [1.165, 1.54) is 6.92 Å². The number of carbonyl (C=O) groups excluding carboxylic acids is 2. The van der Waals surface area contributed by atoms with Gasteiger partial charge in [-0.05, 0) is 19.3 Å². The number of nitrogens with one attached hydrogen (secondary N) is 2. The predicted octanol–water partition coefficient (Wildman–Crippen LogP) is -0.599. The zero-order chi connectivity index (χ0) is 10.8. The molecular weight excluding hydrogens is 184 g/mol. The van der Waals surface area contributed by atoms with Crippen LogP contribution < -0.4 is 10.6 Å². The first-order valence-electron chi connectivity index (χ1n) is 4.79. The Morgan fingerprint density at radius 1 is 1.14 bits per heavy atom. The van der Waals surface area contributed by atoms with Crippen LogP contribution in [0.4, 0.5) is 0 Å². The lowest BCUT2D eigenvalue weighted by molar-refractivity contribution is -0.125. The highest BCUT2D eigenvalue weighted by Crippen LogP contribution is 1.91. The van der Waals surface area contributed by atoms with Crippen molar-refractivity contribution in [1.82, 2.24) is 10.6 Å². The van der Waals surface area contributed by atoms with Crippen LogP contribution in [0, 0.1) is 0 Å². The number of hydrogen-bond donors (Lipinski definition) is 3. The Hall–Kier alpha value is -1.10. The van der Waals surface area contributed by atoms with Crippen LogP contribution in [0.15, 0.2) is 0 Å². The van der Waals surface area contributed by atoms with E-state index in [4.69, 9.17) is 5.11 Å². The molecule has 82 valence electrons. The van der Waals surface area contributed by atoms with Gasteiger partial charge in [-0.2, -0.15) is 0 Å². The molecule has 0 radical (unpaired) electrons. The third-order valence-electron chi connectivity index (χ3n) is 1.65. The van der Waals surface area contributed by atoms with E-state index in [0.717, 1.165) is 19.3 Å². The van der Waals surface area contributed by atoms with Gasteiger partial charge in [0.05, 0.1) is 6.54 Å². The maximum Gasteiger partial charge on any atom is 0.239 e. The number of rotatable bonds is 7. The largest absolute Gasteiger partial charge is 0.396 e. The van der Waals surface area contributed by atoms with E-state index < -0.39 is 0 Å². The summed E-state index contributed by atoms with van der Waals surface area (Å²) in [4.78, 5) is 21.4. The van der Waals surface area contributed by atoms with Gasteiger partial charge in [0.1, 0.15) is 0 Å². The molecule has 0 saturated heterocycles. The smallest absolute Gasteiger partial charge is 0.239 e. The molecule has 0 aliphatic carbocycles. The molecule has 0 saturated carbocycles. The van der Waals surface area contributed by atoms with Gasteiger partial charge in [0.25, 0.3) is 0 Å². The third-order valence-corrected chi connectivity index (χ3v) is 1.65. The summed E-state index contributed by atoms with van der Waals surface area (Å²) in [5.74, 6) is -0.385. The van der Waals surface area contributed by atoms with Crippen molar-refractivity contribution < 1.29 is 14.7 Å². The first kappa shape index (κ1) is 12.9. The van der Waals surface area contributed by atoms with Gasteiger partial charge in [-0.25, -0.2) is 0 Å². The minimum absolute atomic E-state index is 0.0370. The van der Waals surface area contributed by atoms with Crippen LogP contribution in [-0.4, -0.2) is 36.6 Å². The fraction of sp³-hybridized carbons (Fsp3) is 0.778. The number of amides is 2. The Labute approximate surface area is 83.9 Å². The molecule has 5 nitrogen and oxygen atoms in total. The summed E-state index contributed by atoms with van der Waals surface area (Å²) >= 11 is 0. The molecule has 0 aliphatic heterocycles. The summed E-state index contributed by atoms with van der Waals surface area (Å²) in [5.41, 5.74) is 0. The molecule has 0 aliphatic rings. The van der Waals surface area contributed by atoms with Crippen molar-refractivity contribution in [2.45, 2.75) is 26.2 Å². The van der Waals surface area contributed by atoms with Crippen molar-refractivity contribution in [2.24, 2.45) is 0 Å². The molecule has 0 unspecified atom stereocenters. The summed E-state index contributed by atoms with van der Waals surface area (Å²) in [6.45, 7) is 2.20. The molecule has 0 aromatic carbocycles. The van der Waals surface area contributed by atoms with Gasteiger partial charge in [0.2, 0.25) is 11.8 Å². The van der Waals surface area contributed by atoms with E-state index in [1.807, 2.05) is 0 Å². The van der Waals surface area contributed by atoms with Gasteiger partial charge in [0.15, 0.2) is 0 Å². The molecule has 0 spiro atoms. The molecule has 14 heavy (non-hydrogen) atoms. The van der Waals surface area contributed by atoms with Gasteiger partial charge < -0.3 is 15.7 Å². The summed E-state index contributed by atoms with van der Waals surface area (Å²) in [6, 6.07) is 0. The average Bonchev–Trinajstić information content (AvgIpc) is 2.14. The summed E-state index contributed by atoms with van der Waals surface area (Å²) in [7, 11) is 0. The van der Waals surface area contributed by atoms with Crippen LogP contribution >= 0.6 is 0 Å². The van der Waals surface area contributed by atoms with Gasteiger partial charge in [0, 0.05) is 20.1 Å². The highest BCUT2D eigenvalue weighted by molar-refractivity contribution is 5.83. The quantitative estimate of drug-likeness (QED) is 0.482. The SMILES string of the molecule is CC(=O)NCC(=O)NCCCCCO. The second kappa shape index (κ2) is 8.50. The van der Waals surface area contributed by atoms with Crippen molar-refractivity contribution >= 4 is 11.8 Å². The first-order valence-corrected chi connectivity index (χ1v) is 4.79. The topological polar surface area (TPSA) is 78.4 Å². The highest BCUT2D eigenvalue weighted by atomic mass is 16.3. The Morgan fingerprint density at radius 3 is 2.43 bits per heavy atom. The molecule has 0 aromatic rings. The number of hydrogen-bond acceptors (Lipinski definition) is 3.